The van der Waals surface area contributed by atoms with Gasteiger partial charge in [0.05, 0.1) is 6.04 Å². The number of amides is 4. The molecule has 0 atom stereocenters. The molecule has 3 aliphatic rings. The van der Waals surface area contributed by atoms with Crippen LogP contribution in [0.25, 0.3) is 0 Å². The Balaban J connectivity index is 1.48. The standard InChI is InChI=1S/C13H19N3O3/c17-11-5-6-12(18)16(11)10-7-15(8-10)13(19)14-9-3-1-2-4-9/h9-10H,1-8H2,(H,14,19). The molecule has 0 aromatic rings. The first-order valence-corrected chi connectivity index (χ1v) is 7.05. The molecular weight excluding hydrogens is 246 g/mol. The van der Waals surface area contributed by atoms with Crippen molar-refractivity contribution in [2.75, 3.05) is 13.1 Å². The molecule has 0 aromatic carbocycles. The molecule has 104 valence electrons. The van der Waals surface area contributed by atoms with Gasteiger partial charge in [-0.25, -0.2) is 4.79 Å². The lowest BCUT2D eigenvalue weighted by molar-refractivity contribution is -0.144. The molecule has 0 radical (unpaired) electrons. The summed E-state index contributed by atoms with van der Waals surface area (Å²) in [6, 6.07) is 0.153. The summed E-state index contributed by atoms with van der Waals surface area (Å²) >= 11 is 0. The molecule has 2 aliphatic heterocycles. The lowest BCUT2D eigenvalue weighted by atomic mass is 10.1. The lowest BCUT2D eigenvalue weighted by Crippen LogP contribution is -2.64. The van der Waals surface area contributed by atoms with Crippen LogP contribution in [0.5, 0.6) is 0 Å². The maximum atomic E-state index is 11.9. The van der Waals surface area contributed by atoms with E-state index in [0.29, 0.717) is 32.0 Å². The minimum absolute atomic E-state index is 0.0535. The van der Waals surface area contributed by atoms with Crippen molar-refractivity contribution >= 4 is 17.8 Å². The highest BCUT2D eigenvalue weighted by Gasteiger charge is 2.42. The van der Waals surface area contributed by atoms with Gasteiger partial charge in [-0.15, -0.1) is 0 Å². The molecule has 0 bridgehead atoms. The van der Waals surface area contributed by atoms with Gasteiger partial charge >= 0.3 is 6.03 Å². The van der Waals surface area contributed by atoms with Gasteiger partial charge in [-0.3, -0.25) is 14.5 Å². The van der Waals surface area contributed by atoms with Crippen LogP contribution < -0.4 is 5.32 Å². The fraction of sp³-hybridized carbons (Fsp3) is 0.769. The predicted octanol–water partition coefficient (Wildman–Crippen LogP) is 0.472. The van der Waals surface area contributed by atoms with E-state index < -0.39 is 0 Å². The molecule has 6 heteroatoms. The molecule has 6 nitrogen and oxygen atoms in total. The van der Waals surface area contributed by atoms with Gasteiger partial charge in [-0.05, 0) is 12.8 Å². The molecule has 1 N–H and O–H groups in total. The lowest BCUT2D eigenvalue weighted by Gasteiger charge is -2.43. The van der Waals surface area contributed by atoms with Crippen LogP contribution in [0.2, 0.25) is 0 Å². The summed E-state index contributed by atoms with van der Waals surface area (Å²) in [4.78, 5) is 38.1. The zero-order valence-electron chi connectivity index (χ0n) is 10.9. The molecule has 2 heterocycles. The van der Waals surface area contributed by atoms with E-state index >= 15 is 0 Å². The number of nitrogens with zero attached hydrogens (tertiary/aromatic N) is 2. The largest absolute Gasteiger partial charge is 0.335 e. The number of carbonyl (C=O) groups excluding carboxylic acids is 3. The Morgan fingerprint density at radius 3 is 2.21 bits per heavy atom. The molecular formula is C13H19N3O3. The molecule has 3 fully saturated rings. The third-order valence-electron chi connectivity index (χ3n) is 4.29. The average molecular weight is 265 g/mol. The van der Waals surface area contributed by atoms with E-state index in [0.717, 1.165) is 12.8 Å². The summed E-state index contributed by atoms with van der Waals surface area (Å²) in [6.07, 6.45) is 5.14. The number of urea groups is 1. The highest BCUT2D eigenvalue weighted by molar-refractivity contribution is 6.02. The molecule has 0 spiro atoms. The normalized spacial score (nSPS) is 25.1. The van der Waals surface area contributed by atoms with Crippen LogP contribution in [-0.4, -0.2) is 52.8 Å². The topological polar surface area (TPSA) is 69.7 Å². The van der Waals surface area contributed by atoms with Crippen LogP contribution >= 0.6 is 0 Å². The SMILES string of the molecule is O=C(NC1CCCC1)N1CC(N2C(=O)CCC2=O)C1. The van der Waals surface area contributed by atoms with E-state index in [-0.39, 0.29) is 23.9 Å². The Kier molecular flexibility index (Phi) is 3.16. The van der Waals surface area contributed by atoms with Gasteiger partial charge in [0.15, 0.2) is 0 Å². The summed E-state index contributed by atoms with van der Waals surface area (Å²) in [5.41, 5.74) is 0. The van der Waals surface area contributed by atoms with Crippen molar-refractivity contribution in [3.8, 4) is 0 Å². The zero-order valence-corrected chi connectivity index (χ0v) is 10.9. The third-order valence-corrected chi connectivity index (χ3v) is 4.29. The number of hydrogen-bond acceptors (Lipinski definition) is 3. The van der Waals surface area contributed by atoms with Crippen molar-refractivity contribution in [3.63, 3.8) is 0 Å². The fourth-order valence-electron chi connectivity index (χ4n) is 3.12. The first kappa shape index (κ1) is 12.4. The van der Waals surface area contributed by atoms with Crippen LogP contribution in [0.1, 0.15) is 38.5 Å². The van der Waals surface area contributed by atoms with E-state index in [4.69, 9.17) is 0 Å². The van der Waals surface area contributed by atoms with Crippen LogP contribution in [0, 0.1) is 0 Å². The van der Waals surface area contributed by atoms with Crippen molar-refractivity contribution in [2.24, 2.45) is 0 Å². The van der Waals surface area contributed by atoms with Crippen LogP contribution in [0.3, 0.4) is 0 Å². The number of nitrogens with one attached hydrogen (secondary N) is 1. The van der Waals surface area contributed by atoms with Gasteiger partial charge in [0.25, 0.3) is 0 Å². The van der Waals surface area contributed by atoms with Crippen LogP contribution in [0.15, 0.2) is 0 Å². The second kappa shape index (κ2) is 4.83. The Labute approximate surface area is 112 Å². The predicted molar refractivity (Wildman–Crippen MR) is 67.2 cm³/mol. The highest BCUT2D eigenvalue weighted by Crippen LogP contribution is 2.23. The minimum Gasteiger partial charge on any atom is -0.335 e. The van der Waals surface area contributed by atoms with E-state index in [1.54, 1.807) is 4.90 Å². The van der Waals surface area contributed by atoms with E-state index in [9.17, 15) is 14.4 Å². The van der Waals surface area contributed by atoms with Gasteiger partial charge in [0.2, 0.25) is 11.8 Å². The van der Waals surface area contributed by atoms with E-state index in [2.05, 4.69) is 5.32 Å². The van der Waals surface area contributed by atoms with E-state index in [1.165, 1.54) is 17.7 Å². The minimum atomic E-state index is -0.100. The first-order valence-electron chi connectivity index (χ1n) is 7.05. The number of carbonyl (C=O) groups is 3. The van der Waals surface area contributed by atoms with Gasteiger partial charge in [0.1, 0.15) is 0 Å². The van der Waals surface area contributed by atoms with Crippen LogP contribution in [0.4, 0.5) is 4.79 Å². The first-order chi connectivity index (χ1) is 9.15. The van der Waals surface area contributed by atoms with Crippen molar-refractivity contribution < 1.29 is 14.4 Å². The molecule has 1 aliphatic carbocycles. The molecule has 2 saturated heterocycles. The second-order valence-corrected chi connectivity index (χ2v) is 5.65. The van der Waals surface area contributed by atoms with Crippen molar-refractivity contribution in [3.05, 3.63) is 0 Å². The Hall–Kier alpha value is -1.59. The third kappa shape index (κ3) is 2.31. The van der Waals surface area contributed by atoms with Crippen molar-refractivity contribution in [1.82, 2.24) is 15.1 Å². The highest BCUT2D eigenvalue weighted by atomic mass is 16.2. The molecule has 19 heavy (non-hydrogen) atoms. The Bertz CT molecular complexity index is 395. The maximum absolute atomic E-state index is 11.9. The summed E-state index contributed by atoms with van der Waals surface area (Å²) in [5.74, 6) is -0.184. The smallest absolute Gasteiger partial charge is 0.317 e. The number of hydrogen-bond donors (Lipinski definition) is 1. The van der Waals surface area contributed by atoms with Gasteiger partial charge in [0, 0.05) is 32.0 Å². The summed E-state index contributed by atoms with van der Waals surface area (Å²) < 4.78 is 0. The van der Waals surface area contributed by atoms with Gasteiger partial charge in [-0.1, -0.05) is 12.8 Å². The quantitative estimate of drug-likeness (QED) is 0.738. The van der Waals surface area contributed by atoms with Crippen LogP contribution in [-0.2, 0) is 9.59 Å². The Morgan fingerprint density at radius 2 is 1.63 bits per heavy atom. The monoisotopic (exact) mass is 265 g/mol. The summed E-state index contributed by atoms with van der Waals surface area (Å²) in [5, 5.41) is 3.01. The Morgan fingerprint density at radius 1 is 1.05 bits per heavy atom. The number of rotatable bonds is 2. The second-order valence-electron chi connectivity index (χ2n) is 5.65. The van der Waals surface area contributed by atoms with Gasteiger partial charge < -0.3 is 10.2 Å². The summed E-state index contributed by atoms with van der Waals surface area (Å²) in [7, 11) is 0. The van der Waals surface area contributed by atoms with Crippen molar-refractivity contribution in [2.45, 2.75) is 50.6 Å². The van der Waals surface area contributed by atoms with Crippen molar-refractivity contribution in [1.29, 1.82) is 0 Å². The molecule has 0 aromatic heterocycles. The van der Waals surface area contributed by atoms with Gasteiger partial charge in [-0.2, -0.15) is 0 Å². The molecule has 1 saturated carbocycles. The average Bonchev–Trinajstić information content (AvgIpc) is 2.91. The molecule has 4 amide bonds. The maximum Gasteiger partial charge on any atom is 0.317 e. The number of imide groups is 1. The van der Waals surface area contributed by atoms with E-state index in [1.807, 2.05) is 0 Å². The molecule has 0 unspecified atom stereocenters. The fourth-order valence-corrected chi connectivity index (χ4v) is 3.12. The number of likely N-dealkylation sites (tertiary alicyclic amines) is 2. The zero-order chi connectivity index (χ0) is 13.4. The molecule has 3 rings (SSSR count). The summed E-state index contributed by atoms with van der Waals surface area (Å²) in [6.45, 7) is 0.964.